The first-order chi connectivity index (χ1) is 5.40. The zero-order valence-electron chi connectivity index (χ0n) is 5.92. The Bertz CT molecular complexity index is 307. The number of aliphatic imine (C=N–C) groups is 1. The lowest BCUT2D eigenvalue weighted by Crippen LogP contribution is -2.81. The molecule has 0 saturated carbocycles. The minimum absolute atomic E-state index is 0.495. The van der Waals surface area contributed by atoms with Crippen molar-refractivity contribution in [1.82, 2.24) is 0 Å². The highest BCUT2D eigenvalue weighted by Crippen LogP contribution is 2.22. The van der Waals surface area contributed by atoms with Crippen LogP contribution in [0.25, 0.3) is 0 Å². The normalized spacial score (nSPS) is 14.5. The Hall–Kier alpha value is -0.860. The molecule has 0 atom stereocenters. The fraction of sp³-hybridized carbons (Fsp3) is 0.125. The van der Waals surface area contributed by atoms with Gasteiger partial charge in [0.1, 0.15) is 11.6 Å². The van der Waals surface area contributed by atoms with Crippen LogP contribution in [0, 0.1) is 0 Å². The first kappa shape index (κ1) is 6.83. The molecule has 1 aromatic carbocycles. The summed E-state index contributed by atoms with van der Waals surface area (Å²) in [5, 5.41) is 2.02. The monoisotopic (exact) mass is 167 g/mol. The Kier molecular flexibility index (Phi) is 1.64. The van der Waals surface area contributed by atoms with Gasteiger partial charge in [-0.05, 0) is 6.07 Å². The Labute approximate surface area is 69.9 Å². The van der Waals surface area contributed by atoms with E-state index in [1.807, 2.05) is 29.6 Å². The number of quaternary nitrogens is 1. The van der Waals surface area contributed by atoms with Crippen LogP contribution in [-0.4, -0.2) is 11.7 Å². The number of alkyl halides is 1. The molecule has 1 aliphatic rings. The second kappa shape index (κ2) is 2.64. The van der Waals surface area contributed by atoms with Crippen molar-refractivity contribution in [2.45, 2.75) is 0 Å². The average molecular weight is 168 g/mol. The average Bonchev–Trinajstić information content (AvgIpc) is 2.46. The van der Waals surface area contributed by atoms with Crippen LogP contribution in [0.1, 0.15) is 0 Å². The number of amidine groups is 1. The lowest BCUT2D eigenvalue weighted by atomic mass is 10.3. The minimum atomic E-state index is 0.495. The van der Waals surface area contributed by atoms with Gasteiger partial charge in [-0.15, -0.1) is 11.6 Å². The lowest BCUT2D eigenvalue weighted by molar-refractivity contribution is -0.439. The molecular formula is C8H8ClN2+. The second-order valence-electron chi connectivity index (χ2n) is 2.44. The van der Waals surface area contributed by atoms with Crippen molar-refractivity contribution < 1.29 is 5.32 Å². The third-order valence-electron chi connectivity index (χ3n) is 1.66. The molecule has 2 rings (SSSR count). The van der Waals surface area contributed by atoms with Gasteiger partial charge in [-0.2, -0.15) is 4.99 Å². The Morgan fingerprint density at radius 1 is 1.36 bits per heavy atom. The van der Waals surface area contributed by atoms with E-state index >= 15 is 0 Å². The number of nitrogens with zero attached hydrogens (tertiary/aromatic N) is 1. The summed E-state index contributed by atoms with van der Waals surface area (Å²) in [6.45, 7) is 0. The summed E-state index contributed by atoms with van der Waals surface area (Å²) in [6, 6.07) is 8.01. The number of nitrogens with two attached hydrogens (primary N) is 1. The predicted octanol–water partition coefficient (Wildman–Crippen LogP) is 1.16. The maximum atomic E-state index is 5.64. The van der Waals surface area contributed by atoms with Gasteiger partial charge in [-0.1, -0.05) is 12.1 Å². The molecule has 0 spiro atoms. The van der Waals surface area contributed by atoms with Crippen molar-refractivity contribution in [1.29, 1.82) is 0 Å². The van der Waals surface area contributed by atoms with E-state index in [4.69, 9.17) is 11.6 Å². The van der Waals surface area contributed by atoms with Crippen LogP contribution < -0.4 is 5.32 Å². The van der Waals surface area contributed by atoms with E-state index in [1.165, 1.54) is 5.69 Å². The third kappa shape index (κ3) is 1.15. The quantitative estimate of drug-likeness (QED) is 0.481. The minimum Gasteiger partial charge on any atom is -0.266 e. The Balaban J connectivity index is 2.39. The molecule has 0 amide bonds. The van der Waals surface area contributed by atoms with Crippen LogP contribution in [0.5, 0.6) is 0 Å². The van der Waals surface area contributed by atoms with Crippen molar-refractivity contribution >= 4 is 28.8 Å². The first-order valence-electron chi connectivity index (χ1n) is 3.47. The number of rotatable bonds is 1. The standard InChI is InChI=1S/C8H7ClN2/c9-5-8-10-6-3-1-2-4-7(6)11-8/h1-4H,5H2,(H,10,11)/p+1. The van der Waals surface area contributed by atoms with Gasteiger partial charge in [0.15, 0.2) is 5.69 Å². The number of hydrogen-bond acceptors (Lipinski definition) is 1. The van der Waals surface area contributed by atoms with E-state index in [2.05, 4.69) is 4.99 Å². The SMILES string of the molecule is ClCC1=Nc2ccccc2[NH2+]1. The zero-order valence-corrected chi connectivity index (χ0v) is 6.67. The fourth-order valence-electron chi connectivity index (χ4n) is 1.15. The molecule has 1 aliphatic heterocycles. The largest absolute Gasteiger partial charge is 0.266 e. The van der Waals surface area contributed by atoms with Crippen LogP contribution >= 0.6 is 11.6 Å². The lowest BCUT2D eigenvalue weighted by Gasteiger charge is -1.89. The molecule has 0 saturated heterocycles. The van der Waals surface area contributed by atoms with Crippen molar-refractivity contribution in [3.63, 3.8) is 0 Å². The van der Waals surface area contributed by atoms with Crippen molar-refractivity contribution in [2.24, 2.45) is 4.99 Å². The summed E-state index contributed by atoms with van der Waals surface area (Å²) in [4.78, 5) is 4.30. The van der Waals surface area contributed by atoms with Gasteiger partial charge >= 0.3 is 0 Å². The molecule has 0 aromatic heterocycles. The van der Waals surface area contributed by atoms with Crippen LogP contribution in [0.15, 0.2) is 29.3 Å². The number of fused-ring (bicyclic) bond motifs is 1. The van der Waals surface area contributed by atoms with Crippen molar-refractivity contribution in [3.8, 4) is 0 Å². The summed E-state index contributed by atoms with van der Waals surface area (Å²) in [5.41, 5.74) is 2.20. The predicted molar refractivity (Wildman–Crippen MR) is 45.8 cm³/mol. The molecule has 1 aromatic rings. The summed E-state index contributed by atoms with van der Waals surface area (Å²) in [7, 11) is 0. The molecule has 11 heavy (non-hydrogen) atoms. The molecular weight excluding hydrogens is 160 g/mol. The molecule has 0 bridgehead atoms. The van der Waals surface area contributed by atoms with Gasteiger partial charge in [0.2, 0.25) is 5.84 Å². The van der Waals surface area contributed by atoms with Gasteiger partial charge in [-0.25, -0.2) is 0 Å². The van der Waals surface area contributed by atoms with E-state index in [1.54, 1.807) is 0 Å². The molecule has 2 nitrogen and oxygen atoms in total. The van der Waals surface area contributed by atoms with Gasteiger partial charge in [0.25, 0.3) is 0 Å². The summed E-state index contributed by atoms with van der Waals surface area (Å²) in [6.07, 6.45) is 0. The number of halogens is 1. The van der Waals surface area contributed by atoms with Gasteiger partial charge in [0, 0.05) is 6.07 Å². The second-order valence-corrected chi connectivity index (χ2v) is 2.71. The van der Waals surface area contributed by atoms with E-state index in [0.717, 1.165) is 11.5 Å². The van der Waals surface area contributed by atoms with Crippen LogP contribution in [0.3, 0.4) is 0 Å². The number of benzene rings is 1. The molecule has 56 valence electrons. The fourth-order valence-corrected chi connectivity index (χ4v) is 1.28. The zero-order chi connectivity index (χ0) is 7.68. The summed E-state index contributed by atoms with van der Waals surface area (Å²) in [5.74, 6) is 1.45. The Morgan fingerprint density at radius 3 is 2.91 bits per heavy atom. The molecule has 0 radical (unpaired) electrons. The Morgan fingerprint density at radius 2 is 2.18 bits per heavy atom. The number of hydrogen-bond donors (Lipinski definition) is 1. The molecule has 1 heterocycles. The maximum Gasteiger partial charge on any atom is 0.220 e. The van der Waals surface area contributed by atoms with Crippen molar-refractivity contribution in [3.05, 3.63) is 24.3 Å². The van der Waals surface area contributed by atoms with E-state index < -0.39 is 0 Å². The van der Waals surface area contributed by atoms with Gasteiger partial charge < -0.3 is 0 Å². The molecule has 0 fully saturated rings. The smallest absolute Gasteiger partial charge is 0.220 e. The molecule has 0 unspecified atom stereocenters. The highest BCUT2D eigenvalue weighted by atomic mass is 35.5. The van der Waals surface area contributed by atoms with Crippen LogP contribution in [0.2, 0.25) is 0 Å². The van der Waals surface area contributed by atoms with Gasteiger partial charge in [-0.3, -0.25) is 5.32 Å². The first-order valence-corrected chi connectivity index (χ1v) is 4.01. The highest BCUT2D eigenvalue weighted by molar-refractivity contribution is 6.27. The van der Waals surface area contributed by atoms with E-state index in [0.29, 0.717) is 5.88 Å². The summed E-state index contributed by atoms with van der Waals surface area (Å²) < 4.78 is 0. The van der Waals surface area contributed by atoms with Crippen LogP contribution in [0.4, 0.5) is 11.4 Å². The number of para-hydroxylation sites is 2. The van der Waals surface area contributed by atoms with E-state index in [-0.39, 0.29) is 0 Å². The van der Waals surface area contributed by atoms with E-state index in [9.17, 15) is 0 Å². The molecule has 2 N–H and O–H groups in total. The highest BCUT2D eigenvalue weighted by Gasteiger charge is 2.16. The van der Waals surface area contributed by atoms with Gasteiger partial charge in [0.05, 0.1) is 0 Å². The third-order valence-corrected chi connectivity index (χ3v) is 1.93. The topological polar surface area (TPSA) is 29.0 Å². The maximum absolute atomic E-state index is 5.64. The summed E-state index contributed by atoms with van der Waals surface area (Å²) >= 11 is 5.64. The van der Waals surface area contributed by atoms with Crippen LogP contribution in [-0.2, 0) is 0 Å². The molecule has 3 heteroatoms. The molecule has 0 aliphatic carbocycles. The van der Waals surface area contributed by atoms with Crippen molar-refractivity contribution in [2.75, 3.05) is 5.88 Å².